The van der Waals surface area contributed by atoms with Gasteiger partial charge in [-0.1, -0.05) is 24.3 Å². The summed E-state index contributed by atoms with van der Waals surface area (Å²) in [7, 11) is 0. The minimum Gasteiger partial charge on any atom is -0.481 e. The van der Waals surface area contributed by atoms with Crippen LogP contribution in [0.2, 0.25) is 0 Å². The van der Waals surface area contributed by atoms with Crippen molar-refractivity contribution in [3.8, 4) is 0 Å². The first-order valence-corrected chi connectivity index (χ1v) is 8.23. The fourth-order valence-corrected chi connectivity index (χ4v) is 4.12. The van der Waals surface area contributed by atoms with Gasteiger partial charge in [0.25, 0.3) is 0 Å². The molecule has 2 aromatic carbocycles. The summed E-state index contributed by atoms with van der Waals surface area (Å²) < 4.78 is 0. The molecule has 1 saturated carbocycles. The Bertz CT molecular complexity index is 716. The van der Waals surface area contributed by atoms with E-state index in [4.69, 9.17) is 5.11 Å². The van der Waals surface area contributed by atoms with Gasteiger partial charge in [-0.2, -0.15) is 0 Å². The van der Waals surface area contributed by atoms with Crippen molar-refractivity contribution in [1.82, 2.24) is 0 Å². The molecular weight excluding hydrogens is 274 g/mol. The van der Waals surface area contributed by atoms with E-state index in [1.54, 1.807) is 0 Å². The molecule has 0 unspecified atom stereocenters. The fraction of sp³-hybridized carbons (Fsp3) is 0.421. The molecular formula is C19H21NO2. The number of nitrogens with zero attached hydrogens (tertiary/aromatic N) is 1. The first-order valence-electron chi connectivity index (χ1n) is 8.23. The Balaban J connectivity index is 1.59. The highest BCUT2D eigenvalue weighted by Gasteiger charge is 2.32. The van der Waals surface area contributed by atoms with E-state index in [0.717, 1.165) is 38.6 Å². The molecule has 114 valence electrons. The average molecular weight is 295 g/mol. The van der Waals surface area contributed by atoms with Gasteiger partial charge in [-0.3, -0.25) is 4.79 Å². The minimum atomic E-state index is -0.619. The summed E-state index contributed by atoms with van der Waals surface area (Å²) in [5.41, 5.74) is 2.82. The van der Waals surface area contributed by atoms with Crippen molar-refractivity contribution >= 4 is 22.4 Å². The summed E-state index contributed by atoms with van der Waals surface area (Å²) in [5.74, 6) is -0.749. The predicted octanol–water partition coefficient (Wildman–Crippen LogP) is 3.85. The van der Waals surface area contributed by atoms with E-state index in [9.17, 15) is 4.79 Å². The molecule has 1 heterocycles. The molecule has 2 aromatic rings. The van der Waals surface area contributed by atoms with Crippen LogP contribution in [0.3, 0.4) is 0 Å². The Kier molecular flexibility index (Phi) is 3.29. The summed E-state index contributed by atoms with van der Waals surface area (Å²) in [4.78, 5) is 13.6. The van der Waals surface area contributed by atoms with Gasteiger partial charge in [0.2, 0.25) is 0 Å². The van der Waals surface area contributed by atoms with E-state index in [0.29, 0.717) is 6.04 Å². The molecule has 0 spiro atoms. The van der Waals surface area contributed by atoms with Crippen LogP contribution in [0.15, 0.2) is 36.4 Å². The zero-order valence-electron chi connectivity index (χ0n) is 12.7. The van der Waals surface area contributed by atoms with Gasteiger partial charge >= 0.3 is 5.97 Å². The van der Waals surface area contributed by atoms with Crippen LogP contribution in [0.5, 0.6) is 0 Å². The van der Waals surface area contributed by atoms with Crippen LogP contribution in [-0.2, 0) is 11.2 Å². The van der Waals surface area contributed by atoms with E-state index in [2.05, 4.69) is 41.3 Å². The number of carboxylic acids is 1. The van der Waals surface area contributed by atoms with E-state index >= 15 is 0 Å². The molecule has 1 N–H and O–H groups in total. The summed E-state index contributed by atoms with van der Waals surface area (Å²) in [5, 5.41) is 11.8. The SMILES string of the molecule is O=C(O)C1CCC(N2CCc3cc4ccccc4cc32)CC1. The number of carbonyl (C=O) groups is 1. The van der Waals surface area contributed by atoms with Crippen molar-refractivity contribution in [2.24, 2.45) is 5.92 Å². The molecule has 0 bridgehead atoms. The van der Waals surface area contributed by atoms with Crippen LogP contribution in [0.25, 0.3) is 10.8 Å². The highest BCUT2D eigenvalue weighted by molar-refractivity contribution is 5.88. The van der Waals surface area contributed by atoms with Crippen molar-refractivity contribution in [3.63, 3.8) is 0 Å². The zero-order chi connectivity index (χ0) is 15.1. The lowest BCUT2D eigenvalue weighted by atomic mass is 9.85. The largest absolute Gasteiger partial charge is 0.481 e. The Morgan fingerprint density at radius 1 is 1.05 bits per heavy atom. The second-order valence-corrected chi connectivity index (χ2v) is 6.62. The Morgan fingerprint density at radius 3 is 2.41 bits per heavy atom. The van der Waals surface area contributed by atoms with Crippen LogP contribution in [-0.4, -0.2) is 23.7 Å². The molecule has 4 rings (SSSR count). The van der Waals surface area contributed by atoms with E-state index in [1.165, 1.54) is 22.0 Å². The molecule has 3 nitrogen and oxygen atoms in total. The highest BCUT2D eigenvalue weighted by atomic mass is 16.4. The molecule has 1 fully saturated rings. The lowest BCUT2D eigenvalue weighted by molar-refractivity contribution is -0.142. The average Bonchev–Trinajstić information content (AvgIpc) is 2.95. The van der Waals surface area contributed by atoms with Crippen molar-refractivity contribution in [1.29, 1.82) is 0 Å². The van der Waals surface area contributed by atoms with Gasteiger partial charge in [0, 0.05) is 18.3 Å². The smallest absolute Gasteiger partial charge is 0.306 e. The summed E-state index contributed by atoms with van der Waals surface area (Å²) in [6.07, 6.45) is 4.75. The van der Waals surface area contributed by atoms with Gasteiger partial charge in [0.15, 0.2) is 0 Å². The number of hydrogen-bond donors (Lipinski definition) is 1. The number of rotatable bonds is 2. The monoisotopic (exact) mass is 295 g/mol. The highest BCUT2D eigenvalue weighted by Crippen LogP contribution is 2.38. The molecule has 3 heteroatoms. The van der Waals surface area contributed by atoms with Crippen molar-refractivity contribution < 1.29 is 9.90 Å². The van der Waals surface area contributed by atoms with Crippen LogP contribution in [0.1, 0.15) is 31.2 Å². The second-order valence-electron chi connectivity index (χ2n) is 6.62. The summed E-state index contributed by atoms with van der Waals surface area (Å²) in [6, 6.07) is 13.7. The summed E-state index contributed by atoms with van der Waals surface area (Å²) in [6.45, 7) is 1.08. The number of hydrogen-bond acceptors (Lipinski definition) is 2. The molecule has 1 aliphatic heterocycles. The maximum Gasteiger partial charge on any atom is 0.306 e. The number of aliphatic carboxylic acids is 1. The fourth-order valence-electron chi connectivity index (χ4n) is 4.12. The van der Waals surface area contributed by atoms with Gasteiger partial charge in [-0.25, -0.2) is 0 Å². The molecule has 0 radical (unpaired) electrons. The maximum absolute atomic E-state index is 11.1. The Morgan fingerprint density at radius 2 is 1.73 bits per heavy atom. The van der Waals surface area contributed by atoms with Gasteiger partial charge in [0.1, 0.15) is 0 Å². The van der Waals surface area contributed by atoms with E-state index in [-0.39, 0.29) is 5.92 Å². The van der Waals surface area contributed by atoms with Gasteiger partial charge in [0.05, 0.1) is 5.92 Å². The first-order chi connectivity index (χ1) is 10.7. The summed E-state index contributed by atoms with van der Waals surface area (Å²) >= 11 is 0. The molecule has 0 aromatic heterocycles. The molecule has 22 heavy (non-hydrogen) atoms. The third kappa shape index (κ3) is 2.25. The van der Waals surface area contributed by atoms with Gasteiger partial charge in [-0.15, -0.1) is 0 Å². The normalized spacial score (nSPS) is 24.5. The predicted molar refractivity (Wildman–Crippen MR) is 88.4 cm³/mol. The first kappa shape index (κ1) is 13.6. The number of fused-ring (bicyclic) bond motifs is 2. The molecule has 1 aliphatic carbocycles. The Labute approximate surface area is 130 Å². The quantitative estimate of drug-likeness (QED) is 0.915. The Hall–Kier alpha value is -2.03. The third-order valence-electron chi connectivity index (χ3n) is 5.37. The van der Waals surface area contributed by atoms with Crippen LogP contribution < -0.4 is 4.90 Å². The molecule has 0 atom stereocenters. The van der Waals surface area contributed by atoms with Crippen LogP contribution in [0, 0.1) is 5.92 Å². The van der Waals surface area contributed by atoms with E-state index in [1.807, 2.05) is 0 Å². The molecule has 0 amide bonds. The second kappa shape index (κ2) is 5.31. The van der Waals surface area contributed by atoms with Crippen molar-refractivity contribution in [2.75, 3.05) is 11.4 Å². The minimum absolute atomic E-state index is 0.130. The molecule has 0 saturated heterocycles. The topological polar surface area (TPSA) is 40.5 Å². The van der Waals surface area contributed by atoms with E-state index < -0.39 is 5.97 Å². The zero-order valence-corrected chi connectivity index (χ0v) is 12.7. The number of anilines is 1. The van der Waals surface area contributed by atoms with Gasteiger partial charge < -0.3 is 10.0 Å². The number of carboxylic acid groups (broad SMARTS) is 1. The van der Waals surface area contributed by atoms with Crippen molar-refractivity contribution in [2.45, 2.75) is 38.1 Å². The van der Waals surface area contributed by atoms with Crippen LogP contribution in [0.4, 0.5) is 5.69 Å². The van der Waals surface area contributed by atoms with Crippen LogP contribution >= 0.6 is 0 Å². The molecule has 2 aliphatic rings. The standard InChI is InChI=1S/C19H21NO2/c21-19(22)13-5-7-17(8-6-13)20-10-9-16-11-14-3-1-2-4-15(14)12-18(16)20/h1-4,11-13,17H,5-10H2,(H,21,22). The van der Waals surface area contributed by atoms with Gasteiger partial charge in [-0.05, 0) is 60.6 Å². The lowest BCUT2D eigenvalue weighted by Gasteiger charge is -2.35. The van der Waals surface area contributed by atoms with Crippen molar-refractivity contribution in [3.05, 3.63) is 42.0 Å². The number of benzene rings is 2. The maximum atomic E-state index is 11.1. The lowest BCUT2D eigenvalue weighted by Crippen LogP contribution is -2.38. The third-order valence-corrected chi connectivity index (χ3v) is 5.37.